The highest BCUT2D eigenvalue weighted by Gasteiger charge is 1.95. The Labute approximate surface area is 76.3 Å². The van der Waals surface area contributed by atoms with Crippen LogP contribution in [0.5, 0.6) is 5.75 Å². The molecule has 0 bridgehead atoms. The number of carboxylic acids is 1. The first-order valence-corrected chi connectivity index (χ1v) is 3.77. The third-order valence-corrected chi connectivity index (χ3v) is 1.44. The van der Waals surface area contributed by atoms with Crippen molar-refractivity contribution in [3.8, 4) is 5.75 Å². The number of ether oxygens (including phenoxy) is 1. The molecule has 0 N–H and O–H groups in total. The van der Waals surface area contributed by atoms with E-state index in [1.807, 2.05) is 6.07 Å². The molecule has 0 heterocycles. The van der Waals surface area contributed by atoms with Gasteiger partial charge in [-0.1, -0.05) is 24.8 Å². The van der Waals surface area contributed by atoms with E-state index in [1.165, 1.54) is 0 Å². The van der Waals surface area contributed by atoms with Gasteiger partial charge in [0.15, 0.2) is 0 Å². The second-order valence-electron chi connectivity index (χ2n) is 2.49. The van der Waals surface area contributed by atoms with Gasteiger partial charge in [0.25, 0.3) is 0 Å². The lowest BCUT2D eigenvalue weighted by Crippen LogP contribution is -2.26. The molecule has 0 radical (unpaired) electrons. The summed E-state index contributed by atoms with van der Waals surface area (Å²) >= 11 is 0. The largest absolute Gasteiger partial charge is 0.545 e. The van der Waals surface area contributed by atoms with Gasteiger partial charge >= 0.3 is 0 Å². The molecule has 0 saturated heterocycles. The van der Waals surface area contributed by atoms with Crippen LogP contribution in [0.4, 0.5) is 0 Å². The number of aliphatic carboxylic acids is 1. The van der Waals surface area contributed by atoms with Gasteiger partial charge in [-0.3, -0.25) is 0 Å². The van der Waals surface area contributed by atoms with E-state index in [0.29, 0.717) is 5.75 Å². The Morgan fingerprint density at radius 3 is 2.54 bits per heavy atom. The summed E-state index contributed by atoms with van der Waals surface area (Å²) in [4.78, 5) is 10.2. The zero-order chi connectivity index (χ0) is 9.68. The van der Waals surface area contributed by atoms with Crippen LogP contribution < -0.4 is 9.84 Å². The average molecular weight is 177 g/mol. The van der Waals surface area contributed by atoms with Crippen LogP contribution in [0.3, 0.4) is 0 Å². The molecule has 0 spiro atoms. The monoisotopic (exact) mass is 177 g/mol. The summed E-state index contributed by atoms with van der Waals surface area (Å²) in [6.07, 6.45) is 0. The Balaban J connectivity index is 2.44. The number of carbonyl (C=O) groups excluding carboxylic acids is 1. The molecule has 1 rings (SSSR count). The summed E-state index contributed by atoms with van der Waals surface area (Å²) in [6, 6.07) is 8.93. The van der Waals surface area contributed by atoms with Gasteiger partial charge in [0.05, 0.1) is 5.97 Å². The minimum atomic E-state index is -1.28. The maximum absolute atomic E-state index is 10.2. The van der Waals surface area contributed by atoms with Crippen LogP contribution in [0.25, 0.3) is 0 Å². The lowest BCUT2D eigenvalue weighted by atomic mass is 10.3. The highest BCUT2D eigenvalue weighted by atomic mass is 16.5. The predicted octanol–water partition coefficient (Wildman–Crippen LogP) is 0.371. The second-order valence-corrected chi connectivity index (χ2v) is 2.49. The molecule has 1 aromatic rings. The summed E-state index contributed by atoms with van der Waals surface area (Å²) in [6.45, 7) is 3.23. The first-order valence-electron chi connectivity index (χ1n) is 3.77. The molecule has 1 aromatic carbocycles. The lowest BCUT2D eigenvalue weighted by molar-refractivity contribution is -0.299. The first kappa shape index (κ1) is 9.32. The van der Waals surface area contributed by atoms with Gasteiger partial charge in [0.2, 0.25) is 0 Å². The van der Waals surface area contributed by atoms with E-state index in [4.69, 9.17) is 4.74 Å². The molecule has 3 heteroatoms. The van der Waals surface area contributed by atoms with Crippen LogP contribution in [-0.2, 0) is 4.79 Å². The molecule has 0 unspecified atom stereocenters. The lowest BCUT2D eigenvalue weighted by Gasteiger charge is -2.08. The molecule has 68 valence electrons. The maximum Gasteiger partial charge on any atom is 0.119 e. The molecule has 0 fully saturated rings. The van der Waals surface area contributed by atoms with Crippen molar-refractivity contribution < 1.29 is 14.6 Å². The Morgan fingerprint density at radius 1 is 1.38 bits per heavy atom. The molecule has 0 atom stereocenters. The summed E-state index contributed by atoms with van der Waals surface area (Å²) in [7, 11) is 0. The van der Waals surface area contributed by atoms with E-state index < -0.39 is 5.97 Å². The van der Waals surface area contributed by atoms with Crippen molar-refractivity contribution in [1.29, 1.82) is 0 Å². The fraction of sp³-hybridized carbons (Fsp3) is 0.100. The van der Waals surface area contributed by atoms with Gasteiger partial charge in [0.1, 0.15) is 12.4 Å². The Bertz CT molecular complexity index is 303. The molecule has 0 aliphatic carbocycles. The fourth-order valence-electron chi connectivity index (χ4n) is 0.746. The van der Waals surface area contributed by atoms with E-state index in [-0.39, 0.29) is 12.2 Å². The number of hydrogen-bond donors (Lipinski definition) is 0. The van der Waals surface area contributed by atoms with Crippen LogP contribution in [0.2, 0.25) is 0 Å². The number of carbonyl (C=O) groups is 1. The quantitative estimate of drug-likeness (QED) is 0.624. The number of carboxylic acid groups (broad SMARTS) is 1. The van der Waals surface area contributed by atoms with Crippen molar-refractivity contribution in [3.05, 3.63) is 42.5 Å². The number of benzene rings is 1. The second kappa shape index (κ2) is 4.30. The molecule has 3 nitrogen and oxygen atoms in total. The van der Waals surface area contributed by atoms with Crippen LogP contribution in [0.15, 0.2) is 42.5 Å². The highest BCUT2D eigenvalue weighted by Crippen LogP contribution is 2.08. The van der Waals surface area contributed by atoms with E-state index in [1.54, 1.807) is 24.3 Å². The normalized spacial score (nSPS) is 9.23. The summed E-state index contributed by atoms with van der Waals surface area (Å²) < 4.78 is 5.11. The molecule has 13 heavy (non-hydrogen) atoms. The molecule has 0 aliphatic rings. The highest BCUT2D eigenvalue weighted by molar-refractivity contribution is 5.84. The zero-order valence-corrected chi connectivity index (χ0v) is 7.03. The maximum atomic E-state index is 10.2. The zero-order valence-electron chi connectivity index (χ0n) is 7.03. The van der Waals surface area contributed by atoms with Crippen molar-refractivity contribution in [1.82, 2.24) is 0 Å². The van der Waals surface area contributed by atoms with Crippen LogP contribution in [0, 0.1) is 0 Å². The number of hydrogen-bond acceptors (Lipinski definition) is 3. The van der Waals surface area contributed by atoms with Crippen molar-refractivity contribution in [2.75, 3.05) is 6.61 Å². The van der Waals surface area contributed by atoms with Gasteiger partial charge in [-0.25, -0.2) is 0 Å². The van der Waals surface area contributed by atoms with Crippen LogP contribution >= 0.6 is 0 Å². The van der Waals surface area contributed by atoms with E-state index in [2.05, 4.69) is 6.58 Å². The van der Waals surface area contributed by atoms with Crippen molar-refractivity contribution >= 4 is 5.97 Å². The number of para-hydroxylation sites is 1. The molecule has 0 amide bonds. The van der Waals surface area contributed by atoms with E-state index in [9.17, 15) is 9.90 Å². The Kier molecular flexibility index (Phi) is 3.09. The van der Waals surface area contributed by atoms with E-state index >= 15 is 0 Å². The van der Waals surface area contributed by atoms with Crippen molar-refractivity contribution in [2.24, 2.45) is 0 Å². The molecular formula is C10H9O3-. The SMILES string of the molecule is C=C(COc1ccccc1)C(=O)[O-]. The minimum absolute atomic E-state index is 0.0493. The van der Waals surface area contributed by atoms with Gasteiger partial charge in [-0.15, -0.1) is 0 Å². The molecule has 0 aliphatic heterocycles. The molecule has 0 saturated carbocycles. The Hall–Kier alpha value is -1.77. The topological polar surface area (TPSA) is 49.4 Å². The standard InChI is InChI=1S/C10H10O3/c1-8(10(11)12)7-13-9-5-3-2-4-6-9/h2-6H,1,7H2,(H,11,12)/p-1. The van der Waals surface area contributed by atoms with Crippen LogP contribution in [-0.4, -0.2) is 12.6 Å². The van der Waals surface area contributed by atoms with Crippen LogP contribution in [0.1, 0.15) is 0 Å². The van der Waals surface area contributed by atoms with Gasteiger partial charge < -0.3 is 14.6 Å². The summed E-state index contributed by atoms with van der Waals surface area (Å²) in [5.41, 5.74) is -0.0659. The van der Waals surface area contributed by atoms with E-state index in [0.717, 1.165) is 0 Å². The number of rotatable bonds is 4. The third-order valence-electron chi connectivity index (χ3n) is 1.44. The average Bonchev–Trinajstić information content (AvgIpc) is 2.15. The van der Waals surface area contributed by atoms with Gasteiger partial charge in [-0.05, 0) is 12.1 Å². The van der Waals surface area contributed by atoms with Gasteiger partial charge in [0, 0.05) is 5.57 Å². The summed E-state index contributed by atoms with van der Waals surface area (Å²) in [5.74, 6) is -0.666. The predicted molar refractivity (Wildman–Crippen MR) is 46.1 cm³/mol. The molecule has 0 aromatic heterocycles. The fourth-order valence-corrected chi connectivity index (χ4v) is 0.746. The minimum Gasteiger partial charge on any atom is -0.545 e. The third kappa shape index (κ3) is 2.99. The summed E-state index contributed by atoms with van der Waals surface area (Å²) in [5, 5.41) is 10.2. The van der Waals surface area contributed by atoms with Gasteiger partial charge in [-0.2, -0.15) is 0 Å². The van der Waals surface area contributed by atoms with Crippen molar-refractivity contribution in [3.63, 3.8) is 0 Å². The van der Waals surface area contributed by atoms with Crippen molar-refractivity contribution in [2.45, 2.75) is 0 Å². The Morgan fingerprint density at radius 2 is 2.00 bits per heavy atom. The smallest absolute Gasteiger partial charge is 0.119 e. The first-order chi connectivity index (χ1) is 6.20. The molecular weight excluding hydrogens is 168 g/mol.